The number of hydrogen-bond acceptors (Lipinski definition) is 6. The number of halogens is 2. The average molecular weight is 490 g/mol. The highest BCUT2D eigenvalue weighted by molar-refractivity contribution is 5.99. The normalized spacial score (nSPS) is 17.7. The van der Waals surface area contributed by atoms with Crippen molar-refractivity contribution in [1.29, 1.82) is 0 Å². The van der Waals surface area contributed by atoms with Crippen LogP contribution in [0, 0.1) is 11.6 Å². The van der Waals surface area contributed by atoms with Gasteiger partial charge >= 0.3 is 0 Å². The lowest BCUT2D eigenvalue weighted by Crippen LogP contribution is -2.51. The zero-order valence-electron chi connectivity index (χ0n) is 20.1. The predicted octanol–water partition coefficient (Wildman–Crippen LogP) is 4.80. The van der Waals surface area contributed by atoms with Crippen molar-refractivity contribution in [3.8, 4) is 16.9 Å². The Morgan fingerprint density at radius 3 is 2.31 bits per heavy atom. The number of benzene rings is 2. The van der Waals surface area contributed by atoms with E-state index >= 15 is 0 Å². The SMILES string of the molecule is Nc1c2c(-c3ccc(F)cc3)nc(N3CCN(C4CCCCC4)CC3)nc2nn1-c1cccc(F)c1. The number of rotatable bonds is 4. The Kier molecular flexibility index (Phi) is 6.00. The highest BCUT2D eigenvalue weighted by Crippen LogP contribution is 2.34. The Hall–Kier alpha value is -3.59. The van der Waals surface area contributed by atoms with E-state index in [2.05, 4.69) is 14.9 Å². The molecule has 1 aliphatic heterocycles. The van der Waals surface area contributed by atoms with Crippen LogP contribution in [-0.4, -0.2) is 56.9 Å². The van der Waals surface area contributed by atoms with E-state index in [1.165, 1.54) is 61.1 Å². The van der Waals surface area contributed by atoms with E-state index in [0.717, 1.165) is 31.7 Å². The second kappa shape index (κ2) is 9.46. The van der Waals surface area contributed by atoms with Gasteiger partial charge in [0.05, 0.1) is 16.8 Å². The number of nitrogen functional groups attached to an aromatic ring is 1. The Morgan fingerprint density at radius 2 is 1.58 bits per heavy atom. The topological polar surface area (TPSA) is 76.1 Å². The summed E-state index contributed by atoms with van der Waals surface area (Å²) in [6.45, 7) is 3.59. The molecular weight excluding hydrogens is 460 g/mol. The lowest BCUT2D eigenvalue weighted by molar-refractivity contribution is 0.147. The number of nitrogens with two attached hydrogens (primary N) is 1. The van der Waals surface area contributed by atoms with Gasteiger partial charge in [0.15, 0.2) is 5.65 Å². The minimum Gasteiger partial charge on any atom is -0.383 e. The van der Waals surface area contributed by atoms with Gasteiger partial charge in [0.25, 0.3) is 0 Å². The molecule has 2 aromatic heterocycles. The number of hydrogen-bond donors (Lipinski definition) is 1. The molecule has 6 rings (SSSR count). The quantitative estimate of drug-likeness (QED) is 0.444. The molecule has 0 unspecified atom stereocenters. The molecule has 4 aromatic rings. The summed E-state index contributed by atoms with van der Waals surface area (Å²) in [7, 11) is 0. The molecule has 0 atom stereocenters. The van der Waals surface area contributed by atoms with E-state index in [-0.39, 0.29) is 11.6 Å². The summed E-state index contributed by atoms with van der Waals surface area (Å²) in [5.41, 5.74) is 8.75. The number of nitrogens with zero attached hydrogens (tertiary/aromatic N) is 6. The van der Waals surface area contributed by atoms with Gasteiger partial charge in [-0.05, 0) is 55.3 Å². The van der Waals surface area contributed by atoms with Gasteiger partial charge < -0.3 is 10.6 Å². The van der Waals surface area contributed by atoms with Gasteiger partial charge in [-0.3, -0.25) is 4.90 Å². The lowest BCUT2D eigenvalue weighted by atomic mass is 9.94. The molecule has 0 spiro atoms. The van der Waals surface area contributed by atoms with Crippen LogP contribution in [0.4, 0.5) is 20.5 Å². The second-order valence-electron chi connectivity index (χ2n) is 9.67. The number of fused-ring (bicyclic) bond motifs is 1. The molecule has 0 amide bonds. The average Bonchev–Trinajstić information content (AvgIpc) is 3.25. The third kappa shape index (κ3) is 4.28. The molecule has 0 radical (unpaired) electrons. The van der Waals surface area contributed by atoms with Crippen molar-refractivity contribution in [2.75, 3.05) is 36.8 Å². The number of piperazine rings is 1. The molecule has 0 bridgehead atoms. The summed E-state index contributed by atoms with van der Waals surface area (Å²) in [5.74, 6) is 0.178. The highest BCUT2D eigenvalue weighted by Gasteiger charge is 2.28. The lowest BCUT2D eigenvalue weighted by Gasteiger charge is -2.40. The Balaban J connectivity index is 1.39. The Bertz CT molecular complexity index is 1370. The van der Waals surface area contributed by atoms with Crippen molar-refractivity contribution in [3.05, 3.63) is 60.2 Å². The molecular formula is C27H29F2N7. The van der Waals surface area contributed by atoms with Gasteiger partial charge in [0.1, 0.15) is 17.5 Å². The molecule has 3 heterocycles. The maximum atomic E-state index is 13.9. The van der Waals surface area contributed by atoms with Crippen LogP contribution in [0.1, 0.15) is 32.1 Å². The summed E-state index contributed by atoms with van der Waals surface area (Å²) < 4.78 is 29.1. The molecule has 2 aromatic carbocycles. The zero-order valence-corrected chi connectivity index (χ0v) is 20.1. The van der Waals surface area contributed by atoms with E-state index < -0.39 is 0 Å². The van der Waals surface area contributed by atoms with E-state index in [1.54, 1.807) is 24.3 Å². The van der Waals surface area contributed by atoms with Crippen molar-refractivity contribution in [2.45, 2.75) is 38.1 Å². The standard InChI is InChI=1S/C27H29F2N7/c28-19-11-9-18(10-12-19)24-23-25(30)36(22-8-4-5-20(29)17-22)33-26(23)32-27(31-24)35-15-13-34(14-16-35)21-6-2-1-3-7-21/h4-5,8-12,17,21H,1-3,6-7,13-16,30H2. The van der Waals surface area contributed by atoms with Crippen LogP contribution < -0.4 is 10.6 Å². The smallest absolute Gasteiger partial charge is 0.228 e. The number of anilines is 2. The monoisotopic (exact) mass is 489 g/mol. The molecule has 1 saturated heterocycles. The van der Waals surface area contributed by atoms with Crippen LogP contribution in [0.25, 0.3) is 28.0 Å². The maximum Gasteiger partial charge on any atom is 0.228 e. The maximum absolute atomic E-state index is 13.9. The molecule has 36 heavy (non-hydrogen) atoms. The summed E-state index contributed by atoms with van der Waals surface area (Å²) in [4.78, 5) is 14.5. The summed E-state index contributed by atoms with van der Waals surface area (Å²) in [6.07, 6.45) is 6.56. The fourth-order valence-electron chi connectivity index (χ4n) is 5.50. The van der Waals surface area contributed by atoms with Gasteiger partial charge in [-0.25, -0.2) is 18.4 Å². The second-order valence-corrected chi connectivity index (χ2v) is 9.67. The molecule has 2 N–H and O–H groups in total. The van der Waals surface area contributed by atoms with Gasteiger partial charge in [-0.1, -0.05) is 25.3 Å². The third-order valence-electron chi connectivity index (χ3n) is 7.42. The van der Waals surface area contributed by atoms with Crippen LogP contribution in [0.15, 0.2) is 48.5 Å². The predicted molar refractivity (Wildman–Crippen MR) is 137 cm³/mol. The molecule has 2 aliphatic rings. The van der Waals surface area contributed by atoms with Crippen molar-refractivity contribution in [3.63, 3.8) is 0 Å². The minimum absolute atomic E-state index is 0.309. The number of aromatic nitrogens is 4. The van der Waals surface area contributed by atoms with Crippen molar-refractivity contribution in [1.82, 2.24) is 24.6 Å². The minimum atomic E-state index is -0.382. The van der Waals surface area contributed by atoms with Crippen LogP contribution in [0.2, 0.25) is 0 Å². The van der Waals surface area contributed by atoms with Crippen LogP contribution >= 0.6 is 0 Å². The summed E-state index contributed by atoms with van der Waals surface area (Å²) in [5, 5.41) is 5.20. The van der Waals surface area contributed by atoms with Gasteiger partial charge in [0.2, 0.25) is 5.95 Å². The molecule has 2 fully saturated rings. The molecule has 186 valence electrons. The fraction of sp³-hybridized carbons (Fsp3) is 0.370. The fourth-order valence-corrected chi connectivity index (χ4v) is 5.50. The first-order valence-corrected chi connectivity index (χ1v) is 12.6. The highest BCUT2D eigenvalue weighted by atomic mass is 19.1. The first kappa shape index (κ1) is 22.8. The van der Waals surface area contributed by atoms with E-state index in [9.17, 15) is 8.78 Å². The van der Waals surface area contributed by atoms with Crippen molar-refractivity contribution < 1.29 is 8.78 Å². The van der Waals surface area contributed by atoms with Gasteiger partial charge in [-0.15, -0.1) is 5.10 Å². The van der Waals surface area contributed by atoms with Crippen molar-refractivity contribution >= 4 is 22.8 Å². The van der Waals surface area contributed by atoms with Crippen LogP contribution in [-0.2, 0) is 0 Å². The Labute approximate surface area is 208 Å². The van der Waals surface area contributed by atoms with Crippen LogP contribution in [0.3, 0.4) is 0 Å². The van der Waals surface area contributed by atoms with Crippen molar-refractivity contribution in [2.24, 2.45) is 0 Å². The first-order valence-electron chi connectivity index (χ1n) is 12.6. The van der Waals surface area contributed by atoms with Gasteiger partial charge in [-0.2, -0.15) is 4.98 Å². The zero-order chi connectivity index (χ0) is 24.6. The molecule has 9 heteroatoms. The largest absolute Gasteiger partial charge is 0.383 e. The summed E-state index contributed by atoms with van der Waals surface area (Å²) >= 11 is 0. The van der Waals surface area contributed by atoms with Gasteiger partial charge in [0, 0.05) is 37.8 Å². The van der Waals surface area contributed by atoms with E-state index in [4.69, 9.17) is 15.7 Å². The molecule has 7 nitrogen and oxygen atoms in total. The molecule has 1 aliphatic carbocycles. The van der Waals surface area contributed by atoms with E-state index in [1.807, 2.05) is 0 Å². The molecule has 1 saturated carbocycles. The Morgan fingerprint density at radius 1 is 0.833 bits per heavy atom. The first-order chi connectivity index (χ1) is 17.6. The third-order valence-corrected chi connectivity index (χ3v) is 7.42. The van der Waals surface area contributed by atoms with E-state index in [0.29, 0.717) is 40.2 Å². The summed E-state index contributed by atoms with van der Waals surface area (Å²) in [6, 6.07) is 12.9. The van der Waals surface area contributed by atoms with Crippen LogP contribution in [0.5, 0.6) is 0 Å².